The van der Waals surface area contributed by atoms with Crippen LogP contribution in [0.25, 0.3) is 0 Å². The number of nitrogens with one attached hydrogen (secondary N) is 1. The van der Waals surface area contributed by atoms with Crippen LogP contribution in [0.1, 0.15) is 22.6 Å². The summed E-state index contributed by atoms with van der Waals surface area (Å²) in [5.74, 6) is 0.682. The highest BCUT2D eigenvalue weighted by Gasteiger charge is 2.04. The molecular formula is C12H13N3O. The number of H-pyrrole nitrogens is 1. The van der Waals surface area contributed by atoms with Gasteiger partial charge in [-0.3, -0.25) is 9.78 Å². The van der Waals surface area contributed by atoms with Crippen LogP contribution in [-0.4, -0.2) is 15.0 Å². The van der Waals surface area contributed by atoms with Gasteiger partial charge in [0.1, 0.15) is 5.82 Å². The molecule has 82 valence electrons. The van der Waals surface area contributed by atoms with E-state index >= 15 is 0 Å². The Morgan fingerprint density at radius 2 is 2.19 bits per heavy atom. The molecule has 0 unspecified atom stereocenters. The zero-order chi connectivity index (χ0) is 11.5. The normalized spacial score (nSPS) is 10.4. The predicted octanol–water partition coefficient (Wildman–Crippen LogP) is 1.37. The molecule has 0 radical (unpaired) electrons. The molecule has 16 heavy (non-hydrogen) atoms. The Morgan fingerprint density at radius 3 is 2.81 bits per heavy atom. The molecule has 2 aromatic rings. The van der Waals surface area contributed by atoms with E-state index in [4.69, 9.17) is 0 Å². The minimum atomic E-state index is -0.0635. The SMILES string of the molecule is Cc1nc(Cc2cccnc2)[nH]c(=O)c1C. The summed E-state index contributed by atoms with van der Waals surface area (Å²) in [6.45, 7) is 3.62. The van der Waals surface area contributed by atoms with E-state index in [2.05, 4.69) is 15.0 Å². The van der Waals surface area contributed by atoms with E-state index in [-0.39, 0.29) is 5.56 Å². The van der Waals surface area contributed by atoms with Gasteiger partial charge in [-0.1, -0.05) is 6.07 Å². The molecule has 0 fully saturated rings. The zero-order valence-electron chi connectivity index (χ0n) is 9.32. The van der Waals surface area contributed by atoms with E-state index in [9.17, 15) is 4.79 Å². The highest BCUT2D eigenvalue weighted by molar-refractivity contribution is 5.18. The molecule has 4 nitrogen and oxygen atoms in total. The summed E-state index contributed by atoms with van der Waals surface area (Å²) in [5, 5.41) is 0. The van der Waals surface area contributed by atoms with Crippen molar-refractivity contribution in [2.24, 2.45) is 0 Å². The van der Waals surface area contributed by atoms with Crippen LogP contribution in [0.15, 0.2) is 29.3 Å². The molecule has 0 aliphatic heterocycles. The molecular weight excluding hydrogens is 202 g/mol. The van der Waals surface area contributed by atoms with Crippen LogP contribution in [-0.2, 0) is 6.42 Å². The van der Waals surface area contributed by atoms with Gasteiger partial charge in [0.05, 0.1) is 0 Å². The van der Waals surface area contributed by atoms with Crippen molar-refractivity contribution >= 4 is 0 Å². The van der Waals surface area contributed by atoms with Crippen molar-refractivity contribution in [1.29, 1.82) is 0 Å². The lowest BCUT2D eigenvalue weighted by molar-refractivity contribution is 0.899. The molecule has 0 aliphatic rings. The summed E-state index contributed by atoms with van der Waals surface area (Å²) in [4.78, 5) is 22.7. The third-order valence-electron chi connectivity index (χ3n) is 2.54. The molecule has 0 saturated heterocycles. The molecule has 0 amide bonds. The van der Waals surface area contributed by atoms with Crippen LogP contribution in [0.4, 0.5) is 0 Å². The number of nitrogens with zero attached hydrogens (tertiary/aromatic N) is 2. The first-order valence-electron chi connectivity index (χ1n) is 5.12. The number of hydrogen-bond donors (Lipinski definition) is 1. The topological polar surface area (TPSA) is 58.6 Å². The van der Waals surface area contributed by atoms with Crippen LogP contribution in [0, 0.1) is 13.8 Å². The Hall–Kier alpha value is -1.97. The number of aryl methyl sites for hydroxylation is 1. The maximum atomic E-state index is 11.5. The lowest BCUT2D eigenvalue weighted by Gasteiger charge is -2.03. The number of aromatic nitrogens is 3. The average Bonchev–Trinajstić information content (AvgIpc) is 2.27. The monoisotopic (exact) mass is 215 g/mol. The molecule has 0 bridgehead atoms. The molecule has 4 heteroatoms. The minimum absolute atomic E-state index is 0.0635. The molecule has 2 aromatic heterocycles. The second-order valence-electron chi connectivity index (χ2n) is 3.76. The summed E-state index contributed by atoms with van der Waals surface area (Å²) in [7, 11) is 0. The van der Waals surface area contributed by atoms with Crippen molar-refractivity contribution < 1.29 is 0 Å². The lowest BCUT2D eigenvalue weighted by Crippen LogP contribution is -2.16. The predicted molar refractivity (Wildman–Crippen MR) is 61.4 cm³/mol. The Balaban J connectivity index is 2.33. The second kappa shape index (κ2) is 4.26. The number of hydrogen-bond acceptors (Lipinski definition) is 3. The number of rotatable bonds is 2. The maximum Gasteiger partial charge on any atom is 0.254 e. The molecule has 0 atom stereocenters. The Bertz CT molecular complexity index is 546. The van der Waals surface area contributed by atoms with Crippen LogP contribution in [0.5, 0.6) is 0 Å². The van der Waals surface area contributed by atoms with Gasteiger partial charge in [-0.25, -0.2) is 4.98 Å². The minimum Gasteiger partial charge on any atom is -0.310 e. The van der Waals surface area contributed by atoms with Gasteiger partial charge in [-0.05, 0) is 25.5 Å². The Morgan fingerprint density at radius 1 is 1.38 bits per heavy atom. The van der Waals surface area contributed by atoms with E-state index in [0.717, 1.165) is 11.3 Å². The van der Waals surface area contributed by atoms with Gasteiger partial charge >= 0.3 is 0 Å². The van der Waals surface area contributed by atoms with Gasteiger partial charge in [0.25, 0.3) is 5.56 Å². The number of aromatic amines is 1. The second-order valence-corrected chi connectivity index (χ2v) is 3.76. The van der Waals surface area contributed by atoms with Gasteiger partial charge < -0.3 is 4.98 Å². The van der Waals surface area contributed by atoms with Crippen molar-refractivity contribution in [3.8, 4) is 0 Å². The van der Waals surface area contributed by atoms with Crippen LogP contribution < -0.4 is 5.56 Å². The van der Waals surface area contributed by atoms with Crippen molar-refractivity contribution in [3.05, 3.63) is 57.5 Å². The molecule has 2 rings (SSSR count). The molecule has 2 heterocycles. The summed E-state index contributed by atoms with van der Waals surface area (Å²) in [5.41, 5.74) is 2.43. The summed E-state index contributed by atoms with van der Waals surface area (Å²) in [6.07, 6.45) is 4.10. The zero-order valence-corrected chi connectivity index (χ0v) is 9.32. The summed E-state index contributed by atoms with van der Waals surface area (Å²) in [6, 6.07) is 3.83. The first-order valence-corrected chi connectivity index (χ1v) is 5.12. The van der Waals surface area contributed by atoms with Crippen LogP contribution >= 0.6 is 0 Å². The fourth-order valence-electron chi connectivity index (χ4n) is 1.48. The standard InChI is InChI=1S/C12H13N3O/c1-8-9(2)14-11(15-12(8)16)6-10-4-3-5-13-7-10/h3-5,7H,6H2,1-2H3,(H,14,15,16). The summed E-state index contributed by atoms with van der Waals surface area (Å²) < 4.78 is 0. The van der Waals surface area contributed by atoms with Crippen molar-refractivity contribution in [3.63, 3.8) is 0 Å². The highest BCUT2D eigenvalue weighted by Crippen LogP contribution is 2.04. The molecule has 0 saturated carbocycles. The molecule has 0 aliphatic carbocycles. The van der Waals surface area contributed by atoms with Crippen LogP contribution in [0.3, 0.4) is 0 Å². The highest BCUT2D eigenvalue weighted by atomic mass is 16.1. The fraction of sp³-hybridized carbons (Fsp3) is 0.250. The van der Waals surface area contributed by atoms with E-state index in [1.54, 1.807) is 19.3 Å². The lowest BCUT2D eigenvalue weighted by atomic mass is 10.2. The fourth-order valence-corrected chi connectivity index (χ4v) is 1.48. The van der Waals surface area contributed by atoms with Gasteiger partial charge in [-0.15, -0.1) is 0 Å². The van der Waals surface area contributed by atoms with Gasteiger partial charge in [0.15, 0.2) is 0 Å². The molecule has 0 spiro atoms. The Labute approximate surface area is 93.4 Å². The van der Waals surface area contributed by atoms with Gasteiger partial charge in [0.2, 0.25) is 0 Å². The quantitative estimate of drug-likeness (QED) is 0.823. The number of pyridine rings is 1. The first-order chi connectivity index (χ1) is 7.66. The Kier molecular flexibility index (Phi) is 2.81. The van der Waals surface area contributed by atoms with E-state index < -0.39 is 0 Å². The average molecular weight is 215 g/mol. The van der Waals surface area contributed by atoms with Crippen molar-refractivity contribution in [2.75, 3.05) is 0 Å². The first kappa shape index (κ1) is 10.5. The molecule has 1 N–H and O–H groups in total. The van der Waals surface area contributed by atoms with Gasteiger partial charge in [-0.2, -0.15) is 0 Å². The van der Waals surface area contributed by atoms with E-state index in [1.165, 1.54) is 0 Å². The molecule has 0 aromatic carbocycles. The largest absolute Gasteiger partial charge is 0.310 e. The third-order valence-corrected chi connectivity index (χ3v) is 2.54. The smallest absolute Gasteiger partial charge is 0.254 e. The van der Waals surface area contributed by atoms with Crippen molar-refractivity contribution in [2.45, 2.75) is 20.3 Å². The van der Waals surface area contributed by atoms with Crippen LogP contribution in [0.2, 0.25) is 0 Å². The third kappa shape index (κ3) is 2.16. The van der Waals surface area contributed by atoms with E-state index in [0.29, 0.717) is 17.8 Å². The summed E-state index contributed by atoms with van der Waals surface area (Å²) >= 11 is 0. The van der Waals surface area contributed by atoms with Crippen molar-refractivity contribution in [1.82, 2.24) is 15.0 Å². The van der Waals surface area contributed by atoms with E-state index in [1.807, 2.05) is 19.1 Å². The maximum absolute atomic E-state index is 11.5. The van der Waals surface area contributed by atoms with Gasteiger partial charge in [0, 0.05) is 30.1 Å².